The van der Waals surface area contributed by atoms with Crippen LogP contribution in [-0.4, -0.2) is 6.54 Å². The fourth-order valence-electron chi connectivity index (χ4n) is 2.22. The smallest absolute Gasteiger partial charge is 0.0767 e. The predicted octanol–water partition coefficient (Wildman–Crippen LogP) is 4.74. The second-order valence-corrected chi connectivity index (χ2v) is 7.36. The van der Waals surface area contributed by atoms with Gasteiger partial charge in [0.2, 0.25) is 0 Å². The van der Waals surface area contributed by atoms with Crippen LogP contribution in [0.15, 0.2) is 12.1 Å². The Morgan fingerprint density at radius 1 is 1.06 bits per heavy atom. The van der Waals surface area contributed by atoms with Crippen molar-refractivity contribution < 1.29 is 0 Å². The summed E-state index contributed by atoms with van der Waals surface area (Å²) in [6.07, 6.45) is 0. The SMILES string of the molecule is CCNC(c1cc(C)c(C)s1)c1sc(C)cc1C. The summed E-state index contributed by atoms with van der Waals surface area (Å²) >= 11 is 3.84. The molecule has 2 rings (SSSR count). The molecule has 1 atom stereocenters. The van der Waals surface area contributed by atoms with Gasteiger partial charge in [0.05, 0.1) is 6.04 Å². The third kappa shape index (κ3) is 2.68. The molecule has 2 aromatic heterocycles. The third-order valence-electron chi connectivity index (χ3n) is 3.22. The molecule has 1 N–H and O–H groups in total. The number of hydrogen-bond acceptors (Lipinski definition) is 3. The van der Waals surface area contributed by atoms with Gasteiger partial charge in [-0.3, -0.25) is 0 Å². The Morgan fingerprint density at radius 2 is 1.78 bits per heavy atom. The summed E-state index contributed by atoms with van der Waals surface area (Å²) in [6.45, 7) is 12.0. The minimum atomic E-state index is 0.367. The van der Waals surface area contributed by atoms with Crippen LogP contribution in [0.1, 0.15) is 43.6 Å². The molecule has 0 aliphatic carbocycles. The van der Waals surface area contributed by atoms with Gasteiger partial charge in [0, 0.05) is 19.5 Å². The van der Waals surface area contributed by atoms with Crippen LogP contribution in [0.2, 0.25) is 0 Å². The predicted molar refractivity (Wildman–Crippen MR) is 83.1 cm³/mol. The fourth-order valence-corrected chi connectivity index (χ4v) is 4.55. The van der Waals surface area contributed by atoms with Gasteiger partial charge < -0.3 is 5.32 Å². The Hall–Kier alpha value is -0.640. The Balaban J connectivity index is 2.42. The number of thiophene rings is 2. The summed E-state index contributed by atoms with van der Waals surface area (Å²) in [5, 5.41) is 3.63. The van der Waals surface area contributed by atoms with Crippen molar-refractivity contribution in [2.45, 2.75) is 40.7 Å². The highest BCUT2D eigenvalue weighted by Gasteiger charge is 2.19. The maximum absolute atomic E-state index is 3.63. The van der Waals surface area contributed by atoms with Crippen molar-refractivity contribution in [2.75, 3.05) is 6.54 Å². The van der Waals surface area contributed by atoms with Crippen molar-refractivity contribution in [3.8, 4) is 0 Å². The van der Waals surface area contributed by atoms with Crippen molar-refractivity contribution in [3.63, 3.8) is 0 Å². The lowest BCUT2D eigenvalue weighted by molar-refractivity contribution is 0.646. The maximum atomic E-state index is 3.63. The molecule has 1 unspecified atom stereocenters. The van der Waals surface area contributed by atoms with Crippen LogP contribution in [0.4, 0.5) is 0 Å². The minimum Gasteiger partial charge on any atom is -0.305 e. The summed E-state index contributed by atoms with van der Waals surface area (Å²) in [5.41, 5.74) is 2.82. The topological polar surface area (TPSA) is 12.0 Å². The third-order valence-corrected chi connectivity index (χ3v) is 5.65. The monoisotopic (exact) mass is 279 g/mol. The molecule has 2 heterocycles. The van der Waals surface area contributed by atoms with E-state index in [-0.39, 0.29) is 0 Å². The molecule has 0 amide bonds. The maximum Gasteiger partial charge on any atom is 0.0767 e. The van der Waals surface area contributed by atoms with E-state index in [0.717, 1.165) is 6.54 Å². The second-order valence-electron chi connectivity index (χ2n) is 4.78. The van der Waals surface area contributed by atoms with Gasteiger partial charge in [-0.15, -0.1) is 22.7 Å². The Bertz CT molecular complexity index is 517. The molecule has 0 aliphatic heterocycles. The van der Waals surface area contributed by atoms with Crippen LogP contribution in [-0.2, 0) is 0 Å². The van der Waals surface area contributed by atoms with Gasteiger partial charge in [0.1, 0.15) is 0 Å². The highest BCUT2D eigenvalue weighted by atomic mass is 32.1. The van der Waals surface area contributed by atoms with E-state index >= 15 is 0 Å². The van der Waals surface area contributed by atoms with Crippen LogP contribution >= 0.6 is 22.7 Å². The summed E-state index contributed by atoms with van der Waals surface area (Å²) in [7, 11) is 0. The van der Waals surface area contributed by atoms with Crippen LogP contribution < -0.4 is 5.32 Å². The Labute approximate surface area is 118 Å². The lowest BCUT2D eigenvalue weighted by atomic mass is 10.1. The molecule has 0 saturated carbocycles. The normalized spacial score (nSPS) is 12.9. The molecule has 2 aromatic rings. The number of nitrogens with one attached hydrogen (secondary N) is 1. The van der Waals surface area contributed by atoms with E-state index < -0.39 is 0 Å². The molecule has 18 heavy (non-hydrogen) atoms. The lowest BCUT2D eigenvalue weighted by Gasteiger charge is -2.16. The van der Waals surface area contributed by atoms with Gasteiger partial charge in [-0.1, -0.05) is 6.92 Å². The average Bonchev–Trinajstić information content (AvgIpc) is 2.79. The van der Waals surface area contributed by atoms with Gasteiger partial charge >= 0.3 is 0 Å². The molecule has 0 radical (unpaired) electrons. The van der Waals surface area contributed by atoms with Gasteiger partial charge in [0.15, 0.2) is 0 Å². The first kappa shape index (κ1) is 13.8. The second kappa shape index (κ2) is 5.55. The van der Waals surface area contributed by atoms with Gasteiger partial charge in [0.25, 0.3) is 0 Å². The van der Waals surface area contributed by atoms with Crippen molar-refractivity contribution in [2.24, 2.45) is 0 Å². The number of rotatable bonds is 4. The number of aryl methyl sites for hydroxylation is 4. The largest absolute Gasteiger partial charge is 0.305 e. The van der Waals surface area contributed by atoms with E-state index in [4.69, 9.17) is 0 Å². The first-order chi connectivity index (χ1) is 8.52. The fraction of sp³-hybridized carbons (Fsp3) is 0.467. The van der Waals surface area contributed by atoms with E-state index in [2.05, 4.69) is 52.1 Å². The van der Waals surface area contributed by atoms with E-state index in [0.29, 0.717) is 6.04 Å². The molecular formula is C15H21NS2. The first-order valence-corrected chi connectivity index (χ1v) is 8.03. The molecule has 0 aromatic carbocycles. The average molecular weight is 279 g/mol. The first-order valence-electron chi connectivity index (χ1n) is 6.40. The van der Waals surface area contributed by atoms with E-state index in [9.17, 15) is 0 Å². The van der Waals surface area contributed by atoms with Gasteiger partial charge in [-0.2, -0.15) is 0 Å². The van der Waals surface area contributed by atoms with Crippen LogP contribution in [0, 0.1) is 27.7 Å². The van der Waals surface area contributed by atoms with E-state index in [1.807, 2.05) is 22.7 Å². The van der Waals surface area contributed by atoms with Gasteiger partial charge in [-0.25, -0.2) is 0 Å². The van der Waals surface area contributed by atoms with Crippen molar-refractivity contribution in [1.82, 2.24) is 5.32 Å². The van der Waals surface area contributed by atoms with E-state index in [1.165, 1.54) is 30.6 Å². The summed E-state index contributed by atoms with van der Waals surface area (Å²) in [4.78, 5) is 5.74. The number of hydrogen-bond donors (Lipinski definition) is 1. The zero-order chi connectivity index (χ0) is 13.3. The van der Waals surface area contributed by atoms with Crippen LogP contribution in [0.5, 0.6) is 0 Å². The molecule has 1 nitrogen and oxygen atoms in total. The molecule has 0 aliphatic rings. The zero-order valence-electron chi connectivity index (χ0n) is 11.8. The van der Waals surface area contributed by atoms with Crippen LogP contribution in [0.25, 0.3) is 0 Å². The minimum absolute atomic E-state index is 0.367. The molecule has 3 heteroatoms. The molecule has 0 bridgehead atoms. The quantitative estimate of drug-likeness (QED) is 0.852. The van der Waals surface area contributed by atoms with E-state index in [1.54, 1.807) is 0 Å². The molecule has 98 valence electrons. The van der Waals surface area contributed by atoms with Gasteiger partial charge in [-0.05, 0) is 57.5 Å². The standard InChI is InChI=1S/C15H21NS2/c1-6-16-14(13-8-9(2)12(5)18-13)15-10(3)7-11(4)17-15/h7-8,14,16H,6H2,1-5H3. The highest BCUT2D eigenvalue weighted by molar-refractivity contribution is 7.13. The zero-order valence-corrected chi connectivity index (χ0v) is 13.4. The van der Waals surface area contributed by atoms with Crippen molar-refractivity contribution in [1.29, 1.82) is 0 Å². The molecular weight excluding hydrogens is 258 g/mol. The summed E-state index contributed by atoms with van der Waals surface area (Å²) < 4.78 is 0. The van der Waals surface area contributed by atoms with Crippen molar-refractivity contribution >= 4 is 22.7 Å². The lowest BCUT2D eigenvalue weighted by Crippen LogP contribution is -2.20. The summed E-state index contributed by atoms with van der Waals surface area (Å²) in [6, 6.07) is 4.99. The molecule has 0 fully saturated rings. The highest BCUT2D eigenvalue weighted by Crippen LogP contribution is 2.36. The Morgan fingerprint density at radius 3 is 2.22 bits per heavy atom. The molecule has 0 saturated heterocycles. The Kier molecular flexibility index (Phi) is 4.25. The molecule has 0 spiro atoms. The van der Waals surface area contributed by atoms with Crippen molar-refractivity contribution in [3.05, 3.63) is 42.8 Å². The van der Waals surface area contributed by atoms with Crippen LogP contribution in [0.3, 0.4) is 0 Å². The summed E-state index contributed by atoms with van der Waals surface area (Å²) in [5.74, 6) is 0.